The second kappa shape index (κ2) is 11.4. The quantitative estimate of drug-likeness (QED) is 0.627. The Balaban J connectivity index is 2.13. The van der Waals surface area contributed by atoms with E-state index in [1.165, 1.54) is 0 Å². The predicted octanol–water partition coefficient (Wildman–Crippen LogP) is 3.84. The third-order valence-electron chi connectivity index (χ3n) is 4.79. The smallest absolute Gasteiger partial charge is 0.261 e. The number of amides is 2. The van der Waals surface area contributed by atoms with Crippen molar-refractivity contribution in [2.45, 2.75) is 52.1 Å². The largest absolute Gasteiger partial charge is 0.497 e. The van der Waals surface area contributed by atoms with Crippen LogP contribution in [0.5, 0.6) is 11.5 Å². The molecule has 0 radical (unpaired) electrons. The Morgan fingerprint density at radius 1 is 1.00 bits per heavy atom. The van der Waals surface area contributed by atoms with Gasteiger partial charge < -0.3 is 19.7 Å². The van der Waals surface area contributed by atoms with Crippen molar-refractivity contribution in [3.8, 4) is 11.5 Å². The second-order valence-electron chi connectivity index (χ2n) is 8.45. The Morgan fingerprint density at radius 2 is 1.61 bits per heavy atom. The Morgan fingerprint density at radius 3 is 2.16 bits per heavy atom. The first-order chi connectivity index (χ1) is 14.7. The number of carbonyl (C=O) groups excluding carboxylic acids is 2. The van der Waals surface area contributed by atoms with Crippen LogP contribution in [0.25, 0.3) is 0 Å². The number of hydrogen-bond acceptors (Lipinski definition) is 4. The van der Waals surface area contributed by atoms with Crippen LogP contribution in [-0.2, 0) is 16.0 Å². The van der Waals surface area contributed by atoms with Gasteiger partial charge in [0.15, 0.2) is 6.61 Å². The minimum absolute atomic E-state index is 0.138. The molecule has 0 saturated heterocycles. The maximum atomic E-state index is 13.1. The monoisotopic (exact) mass is 426 g/mol. The number of nitrogens with zero attached hydrogens (tertiary/aromatic N) is 1. The Labute approximate surface area is 185 Å². The Hall–Kier alpha value is -3.02. The highest BCUT2D eigenvalue weighted by molar-refractivity contribution is 5.88. The van der Waals surface area contributed by atoms with Crippen molar-refractivity contribution in [2.24, 2.45) is 0 Å². The summed E-state index contributed by atoms with van der Waals surface area (Å²) in [5, 5.41) is 3.00. The van der Waals surface area contributed by atoms with Gasteiger partial charge in [-0.2, -0.15) is 0 Å². The van der Waals surface area contributed by atoms with Gasteiger partial charge in [-0.05, 0) is 63.4 Å². The molecule has 0 bridgehead atoms. The molecule has 31 heavy (non-hydrogen) atoms. The molecule has 2 amide bonds. The second-order valence-corrected chi connectivity index (χ2v) is 8.45. The first-order valence-corrected chi connectivity index (χ1v) is 10.7. The highest BCUT2D eigenvalue weighted by atomic mass is 16.5. The molecule has 2 aromatic rings. The normalized spacial score (nSPS) is 12.0. The van der Waals surface area contributed by atoms with E-state index < -0.39 is 6.04 Å². The summed E-state index contributed by atoms with van der Waals surface area (Å²) in [5.41, 5.74) is 0.737. The summed E-state index contributed by atoms with van der Waals surface area (Å²) in [6, 6.07) is 16.4. The zero-order valence-corrected chi connectivity index (χ0v) is 19.2. The standard InChI is InChI=1S/C25H34N2O4/c1-6-22(24(29)26-25(2,3)4)27(17-16-19-10-8-7-9-11-19)23(28)18-31-21-14-12-20(30-5)13-15-21/h7-15,22H,6,16-18H2,1-5H3,(H,26,29)/t22-/m0/s1. The van der Waals surface area contributed by atoms with Crippen molar-refractivity contribution in [1.29, 1.82) is 0 Å². The zero-order valence-electron chi connectivity index (χ0n) is 19.2. The summed E-state index contributed by atoms with van der Waals surface area (Å²) in [4.78, 5) is 27.7. The summed E-state index contributed by atoms with van der Waals surface area (Å²) in [6.45, 7) is 8.01. The minimum Gasteiger partial charge on any atom is -0.497 e. The van der Waals surface area contributed by atoms with Crippen molar-refractivity contribution >= 4 is 11.8 Å². The minimum atomic E-state index is -0.560. The molecular weight excluding hydrogens is 392 g/mol. The summed E-state index contributed by atoms with van der Waals surface area (Å²) < 4.78 is 10.8. The van der Waals surface area contributed by atoms with E-state index in [0.717, 1.165) is 5.56 Å². The lowest BCUT2D eigenvalue weighted by Gasteiger charge is -2.33. The molecule has 0 aliphatic rings. The van der Waals surface area contributed by atoms with Crippen LogP contribution in [0.3, 0.4) is 0 Å². The number of hydrogen-bond donors (Lipinski definition) is 1. The van der Waals surface area contributed by atoms with Crippen LogP contribution < -0.4 is 14.8 Å². The van der Waals surface area contributed by atoms with Crippen molar-refractivity contribution in [3.05, 3.63) is 60.2 Å². The molecule has 168 valence electrons. The van der Waals surface area contributed by atoms with Crippen molar-refractivity contribution in [2.75, 3.05) is 20.3 Å². The highest BCUT2D eigenvalue weighted by Crippen LogP contribution is 2.18. The first kappa shape index (κ1) is 24.3. The van der Waals surface area contributed by atoms with Gasteiger partial charge in [0.1, 0.15) is 17.5 Å². The fourth-order valence-electron chi connectivity index (χ4n) is 3.25. The van der Waals surface area contributed by atoms with E-state index in [4.69, 9.17) is 9.47 Å². The first-order valence-electron chi connectivity index (χ1n) is 10.7. The molecule has 0 aliphatic heterocycles. The molecule has 0 heterocycles. The van der Waals surface area contributed by atoms with Gasteiger partial charge in [-0.1, -0.05) is 37.3 Å². The lowest BCUT2D eigenvalue weighted by molar-refractivity contribution is -0.142. The number of methoxy groups -OCH3 is 1. The lowest BCUT2D eigenvalue weighted by atomic mass is 10.1. The molecular formula is C25H34N2O4. The van der Waals surface area contributed by atoms with Gasteiger partial charge >= 0.3 is 0 Å². The molecule has 2 aromatic carbocycles. The van der Waals surface area contributed by atoms with E-state index in [1.54, 1.807) is 36.3 Å². The predicted molar refractivity (Wildman–Crippen MR) is 122 cm³/mol. The van der Waals surface area contributed by atoms with E-state index in [0.29, 0.717) is 30.9 Å². The van der Waals surface area contributed by atoms with Gasteiger partial charge in [-0.15, -0.1) is 0 Å². The summed E-state index contributed by atoms with van der Waals surface area (Å²) in [6.07, 6.45) is 1.18. The SMILES string of the molecule is CC[C@@H](C(=O)NC(C)(C)C)N(CCc1ccccc1)C(=O)COc1ccc(OC)cc1. The van der Waals surface area contributed by atoms with Gasteiger partial charge in [0.05, 0.1) is 7.11 Å². The number of nitrogens with one attached hydrogen (secondary N) is 1. The van der Waals surface area contributed by atoms with Crippen molar-refractivity contribution in [3.63, 3.8) is 0 Å². The van der Waals surface area contributed by atoms with Crippen LogP contribution in [0.2, 0.25) is 0 Å². The third-order valence-corrected chi connectivity index (χ3v) is 4.79. The number of carbonyl (C=O) groups is 2. The Bertz CT molecular complexity index is 829. The molecule has 6 nitrogen and oxygen atoms in total. The average molecular weight is 427 g/mol. The van der Waals surface area contributed by atoms with Crippen molar-refractivity contribution in [1.82, 2.24) is 10.2 Å². The molecule has 0 saturated carbocycles. The van der Waals surface area contributed by atoms with Crippen LogP contribution >= 0.6 is 0 Å². The average Bonchev–Trinajstić information content (AvgIpc) is 2.74. The molecule has 0 aromatic heterocycles. The van der Waals surface area contributed by atoms with Crippen LogP contribution in [0.15, 0.2) is 54.6 Å². The van der Waals surface area contributed by atoms with E-state index >= 15 is 0 Å². The highest BCUT2D eigenvalue weighted by Gasteiger charge is 2.30. The number of ether oxygens (including phenoxy) is 2. The molecule has 1 N–H and O–H groups in total. The van der Waals surface area contributed by atoms with E-state index in [-0.39, 0.29) is 24.0 Å². The van der Waals surface area contributed by atoms with Gasteiger partial charge in [0.2, 0.25) is 5.91 Å². The van der Waals surface area contributed by atoms with Crippen LogP contribution in [0, 0.1) is 0 Å². The van der Waals surface area contributed by atoms with E-state index in [2.05, 4.69) is 5.32 Å². The van der Waals surface area contributed by atoms with Crippen LogP contribution in [0.1, 0.15) is 39.7 Å². The molecule has 6 heteroatoms. The van der Waals surface area contributed by atoms with Gasteiger partial charge in [0.25, 0.3) is 5.91 Å². The fraction of sp³-hybridized carbons (Fsp3) is 0.440. The molecule has 0 fully saturated rings. The van der Waals surface area contributed by atoms with E-state index in [1.807, 2.05) is 58.0 Å². The molecule has 1 atom stereocenters. The summed E-state index contributed by atoms with van der Waals surface area (Å²) in [7, 11) is 1.59. The summed E-state index contributed by atoms with van der Waals surface area (Å²) >= 11 is 0. The molecule has 0 spiro atoms. The van der Waals surface area contributed by atoms with Crippen LogP contribution in [-0.4, -0.2) is 48.6 Å². The lowest BCUT2D eigenvalue weighted by Crippen LogP contribution is -2.54. The molecule has 0 unspecified atom stereocenters. The Kier molecular flexibility index (Phi) is 8.91. The van der Waals surface area contributed by atoms with Crippen molar-refractivity contribution < 1.29 is 19.1 Å². The summed E-state index contributed by atoms with van der Waals surface area (Å²) in [5.74, 6) is 0.918. The molecule has 0 aliphatic carbocycles. The topological polar surface area (TPSA) is 67.9 Å². The van der Waals surface area contributed by atoms with Gasteiger partial charge in [0, 0.05) is 12.1 Å². The fourth-order valence-corrected chi connectivity index (χ4v) is 3.25. The van der Waals surface area contributed by atoms with E-state index in [9.17, 15) is 9.59 Å². The molecule has 2 rings (SSSR count). The number of benzene rings is 2. The third kappa shape index (κ3) is 7.96. The van der Waals surface area contributed by atoms with Gasteiger partial charge in [-0.25, -0.2) is 0 Å². The van der Waals surface area contributed by atoms with Crippen LogP contribution in [0.4, 0.5) is 0 Å². The number of rotatable bonds is 10. The zero-order chi connectivity index (χ0) is 22.9. The maximum Gasteiger partial charge on any atom is 0.261 e. The maximum absolute atomic E-state index is 13.1. The van der Waals surface area contributed by atoms with Gasteiger partial charge in [-0.3, -0.25) is 9.59 Å².